The second kappa shape index (κ2) is 26.6. The van der Waals surface area contributed by atoms with Crippen LogP contribution >= 0.6 is 0 Å². The molecular weight excluding hydrogens is 412 g/mol. The Hall–Kier alpha value is -0.0431. The van der Waals surface area contributed by atoms with E-state index in [2.05, 4.69) is 39.8 Å². The Balaban J connectivity index is 4.33. The molecule has 0 aromatic carbocycles. The van der Waals surface area contributed by atoms with Crippen molar-refractivity contribution >= 4 is 8.07 Å². The molecular formula is C32H66Si. The fourth-order valence-electron chi connectivity index (χ4n) is 5.41. The molecule has 0 aromatic heterocycles. The van der Waals surface area contributed by atoms with Gasteiger partial charge in [0.05, 0.1) is 8.07 Å². The van der Waals surface area contributed by atoms with Gasteiger partial charge in [-0.25, -0.2) is 0 Å². The predicted molar refractivity (Wildman–Crippen MR) is 158 cm³/mol. The molecule has 1 heteroatoms. The number of hydrogen-bond donors (Lipinski definition) is 0. The standard InChI is InChI=1S/C32H66Si/c1-5-9-12-15-18-21-24-27-30-33(8-4,31-28-25-22-19-16-13-10-6-2)32-29-26-23-20-17-14-11-7-3/h24,27H,5-23,25-26,28-32H2,1-4H3/b27-24+. The highest BCUT2D eigenvalue weighted by Crippen LogP contribution is 2.31. The average Bonchev–Trinajstić information content (AvgIpc) is 2.83. The molecule has 0 saturated heterocycles. The largest absolute Gasteiger partial charge is 0.0912 e. The minimum absolute atomic E-state index is 1.10. The van der Waals surface area contributed by atoms with Crippen molar-refractivity contribution < 1.29 is 0 Å². The molecule has 0 N–H and O–H groups in total. The second-order valence-corrected chi connectivity index (χ2v) is 16.3. The molecule has 0 aromatic rings. The van der Waals surface area contributed by atoms with E-state index in [0.717, 1.165) is 0 Å². The topological polar surface area (TPSA) is 0 Å². The third-order valence-electron chi connectivity index (χ3n) is 8.06. The van der Waals surface area contributed by atoms with E-state index < -0.39 is 8.07 Å². The molecule has 0 heterocycles. The van der Waals surface area contributed by atoms with Gasteiger partial charge in [-0.1, -0.05) is 186 Å². The Morgan fingerprint density at radius 2 is 0.758 bits per heavy atom. The Morgan fingerprint density at radius 3 is 1.15 bits per heavy atom. The fourth-order valence-corrected chi connectivity index (χ4v) is 9.73. The quantitative estimate of drug-likeness (QED) is 0.0625. The molecule has 33 heavy (non-hydrogen) atoms. The molecule has 0 saturated carbocycles. The lowest BCUT2D eigenvalue weighted by Gasteiger charge is -2.30. The summed E-state index contributed by atoms with van der Waals surface area (Å²) in [5, 5.41) is 0. The maximum atomic E-state index is 2.64. The second-order valence-electron chi connectivity index (χ2n) is 11.2. The molecule has 0 rings (SSSR count). The van der Waals surface area contributed by atoms with E-state index in [1.54, 1.807) is 12.1 Å². The van der Waals surface area contributed by atoms with Crippen molar-refractivity contribution in [3.05, 3.63) is 12.2 Å². The molecule has 0 unspecified atom stereocenters. The van der Waals surface area contributed by atoms with E-state index in [1.165, 1.54) is 153 Å². The summed E-state index contributed by atoms with van der Waals surface area (Å²) in [7, 11) is -1.10. The van der Waals surface area contributed by atoms with Gasteiger partial charge in [0, 0.05) is 0 Å². The first-order valence-corrected chi connectivity index (χ1v) is 18.7. The number of hydrogen-bond acceptors (Lipinski definition) is 0. The van der Waals surface area contributed by atoms with Crippen LogP contribution in [0.4, 0.5) is 0 Å². The molecule has 0 nitrogen and oxygen atoms in total. The van der Waals surface area contributed by atoms with E-state index in [-0.39, 0.29) is 0 Å². The number of allylic oxidation sites excluding steroid dienone is 2. The third kappa shape index (κ3) is 22.2. The molecule has 0 aliphatic rings. The lowest BCUT2D eigenvalue weighted by Crippen LogP contribution is -2.32. The lowest BCUT2D eigenvalue weighted by atomic mass is 10.1. The van der Waals surface area contributed by atoms with E-state index in [4.69, 9.17) is 0 Å². The molecule has 0 fully saturated rings. The summed E-state index contributed by atoms with van der Waals surface area (Å²) in [6, 6.07) is 6.21. The van der Waals surface area contributed by atoms with E-state index in [0.29, 0.717) is 0 Å². The Labute approximate surface area is 213 Å². The van der Waals surface area contributed by atoms with Crippen molar-refractivity contribution in [1.29, 1.82) is 0 Å². The summed E-state index contributed by atoms with van der Waals surface area (Å²) in [6.07, 6.45) is 37.1. The van der Waals surface area contributed by atoms with Gasteiger partial charge >= 0.3 is 0 Å². The van der Waals surface area contributed by atoms with Crippen LogP contribution in [0.3, 0.4) is 0 Å². The number of rotatable bonds is 27. The van der Waals surface area contributed by atoms with E-state index in [9.17, 15) is 0 Å². The van der Waals surface area contributed by atoms with Crippen LogP contribution in [0.5, 0.6) is 0 Å². The zero-order valence-corrected chi connectivity index (χ0v) is 25.0. The normalized spacial score (nSPS) is 12.2. The minimum Gasteiger partial charge on any atom is -0.0912 e. The van der Waals surface area contributed by atoms with Gasteiger partial charge in [-0.3, -0.25) is 0 Å². The third-order valence-corrected chi connectivity index (χ3v) is 13.5. The summed E-state index contributed by atoms with van der Waals surface area (Å²) in [4.78, 5) is 0. The molecule has 0 atom stereocenters. The number of unbranched alkanes of at least 4 members (excludes halogenated alkanes) is 19. The highest BCUT2D eigenvalue weighted by Gasteiger charge is 2.28. The highest BCUT2D eigenvalue weighted by molar-refractivity contribution is 6.80. The van der Waals surface area contributed by atoms with Gasteiger partial charge in [0.2, 0.25) is 0 Å². The Kier molecular flexibility index (Phi) is 26.5. The van der Waals surface area contributed by atoms with Crippen molar-refractivity contribution in [2.24, 2.45) is 0 Å². The van der Waals surface area contributed by atoms with Crippen molar-refractivity contribution in [3.8, 4) is 0 Å². The van der Waals surface area contributed by atoms with Gasteiger partial charge in [0.15, 0.2) is 0 Å². The molecule has 0 spiro atoms. The van der Waals surface area contributed by atoms with Gasteiger partial charge in [-0.2, -0.15) is 0 Å². The van der Waals surface area contributed by atoms with Gasteiger partial charge in [-0.05, 0) is 18.9 Å². The van der Waals surface area contributed by atoms with Gasteiger partial charge in [0.25, 0.3) is 0 Å². The summed E-state index contributed by atoms with van der Waals surface area (Å²) in [6.45, 7) is 9.50. The smallest absolute Gasteiger partial charge is 0.0570 e. The van der Waals surface area contributed by atoms with Crippen molar-refractivity contribution in [1.82, 2.24) is 0 Å². The first-order chi connectivity index (χ1) is 16.2. The Morgan fingerprint density at radius 1 is 0.394 bits per heavy atom. The lowest BCUT2D eigenvalue weighted by molar-refractivity contribution is 0.579. The van der Waals surface area contributed by atoms with Crippen LogP contribution in [0.1, 0.15) is 169 Å². The molecule has 0 aliphatic carbocycles. The zero-order valence-electron chi connectivity index (χ0n) is 24.0. The molecule has 0 aliphatic heterocycles. The van der Waals surface area contributed by atoms with Gasteiger partial charge in [-0.15, -0.1) is 0 Å². The molecule has 198 valence electrons. The highest BCUT2D eigenvalue weighted by atomic mass is 28.3. The van der Waals surface area contributed by atoms with Gasteiger partial charge < -0.3 is 0 Å². The van der Waals surface area contributed by atoms with Crippen molar-refractivity contribution in [2.45, 2.75) is 193 Å². The Bertz CT molecular complexity index is 366. The summed E-state index contributed by atoms with van der Waals surface area (Å²) in [5.41, 5.74) is 0. The van der Waals surface area contributed by atoms with Crippen LogP contribution in [0, 0.1) is 0 Å². The monoisotopic (exact) mass is 478 g/mol. The van der Waals surface area contributed by atoms with Crippen molar-refractivity contribution in [2.75, 3.05) is 0 Å². The maximum absolute atomic E-state index is 2.64. The minimum atomic E-state index is -1.10. The fraction of sp³-hybridized carbons (Fsp3) is 0.938. The predicted octanol–water partition coefficient (Wildman–Crippen LogP) is 12.7. The van der Waals surface area contributed by atoms with E-state index >= 15 is 0 Å². The average molecular weight is 479 g/mol. The van der Waals surface area contributed by atoms with Crippen LogP contribution in [0.2, 0.25) is 24.2 Å². The van der Waals surface area contributed by atoms with Crippen LogP contribution in [-0.4, -0.2) is 8.07 Å². The van der Waals surface area contributed by atoms with Crippen LogP contribution < -0.4 is 0 Å². The van der Waals surface area contributed by atoms with Crippen LogP contribution in [0.25, 0.3) is 0 Å². The van der Waals surface area contributed by atoms with Crippen LogP contribution in [0.15, 0.2) is 12.2 Å². The first-order valence-electron chi connectivity index (χ1n) is 15.9. The zero-order chi connectivity index (χ0) is 24.3. The maximum Gasteiger partial charge on any atom is 0.0570 e. The van der Waals surface area contributed by atoms with Crippen molar-refractivity contribution in [3.63, 3.8) is 0 Å². The summed E-state index contributed by atoms with van der Waals surface area (Å²) < 4.78 is 0. The summed E-state index contributed by atoms with van der Waals surface area (Å²) in [5.74, 6) is 0. The molecule has 0 amide bonds. The SMILES string of the molecule is CCCCCCC/C=C/C[Si](CC)(CCCCCCCCCC)CCCCCCCCCC. The molecule has 0 radical (unpaired) electrons. The van der Waals surface area contributed by atoms with E-state index in [1.807, 2.05) is 0 Å². The first kappa shape index (κ1) is 33.0. The van der Waals surface area contributed by atoms with Gasteiger partial charge in [0.1, 0.15) is 0 Å². The summed E-state index contributed by atoms with van der Waals surface area (Å²) >= 11 is 0. The van der Waals surface area contributed by atoms with Crippen LogP contribution in [-0.2, 0) is 0 Å². The molecule has 0 bridgehead atoms.